The van der Waals surface area contributed by atoms with Gasteiger partial charge in [0.25, 0.3) is 0 Å². The maximum Gasteiger partial charge on any atom is 0.338 e. The van der Waals surface area contributed by atoms with Crippen LogP contribution in [0, 0.1) is 23.2 Å². The fourth-order valence-corrected chi connectivity index (χ4v) is 10.4. The van der Waals surface area contributed by atoms with Crippen molar-refractivity contribution in [1.82, 2.24) is 10.6 Å². The highest BCUT2D eigenvalue weighted by atomic mass is 16.6. The molecule has 12 atom stereocenters. The first-order valence-electron chi connectivity index (χ1n) is 22.3. The molecule has 1 aliphatic heterocycles. The summed E-state index contributed by atoms with van der Waals surface area (Å²) in [6, 6.07) is 21.2. The zero-order chi connectivity index (χ0) is 48.6. The van der Waals surface area contributed by atoms with Crippen molar-refractivity contribution in [1.29, 1.82) is 0 Å². The number of ketones is 1. The van der Waals surface area contributed by atoms with Gasteiger partial charge in [0.05, 0.1) is 36.2 Å². The molecule has 2 amide bonds. The van der Waals surface area contributed by atoms with E-state index in [4.69, 9.17) is 23.7 Å². The van der Waals surface area contributed by atoms with Crippen molar-refractivity contribution in [2.24, 2.45) is 23.2 Å². The highest BCUT2D eigenvalue weighted by Crippen LogP contribution is 2.61. The average molecular weight is 927 g/mol. The van der Waals surface area contributed by atoms with Crippen molar-refractivity contribution < 1.29 is 72.9 Å². The highest BCUT2D eigenvalue weighted by molar-refractivity contribution is 5.92. The number of carbonyl (C=O) groups excluding carboxylic acids is 6. The highest BCUT2D eigenvalue weighted by Gasteiger charge is 2.74. The van der Waals surface area contributed by atoms with Crippen LogP contribution in [0.2, 0.25) is 0 Å². The summed E-state index contributed by atoms with van der Waals surface area (Å²) in [5.74, 6) is -8.16. The zero-order valence-electron chi connectivity index (χ0n) is 38.1. The van der Waals surface area contributed by atoms with E-state index in [1.165, 1.54) is 32.9 Å². The van der Waals surface area contributed by atoms with E-state index in [0.29, 0.717) is 0 Å². The van der Waals surface area contributed by atoms with Crippen molar-refractivity contribution in [3.63, 3.8) is 0 Å². The number of carbonyl (C=O) groups is 6. The molecule has 1 saturated heterocycles. The molecular weight excluding hydrogens is 869 g/mol. The second-order valence-corrected chi connectivity index (χ2v) is 18.7. The lowest BCUT2D eigenvalue weighted by Crippen LogP contribution is -2.79. The van der Waals surface area contributed by atoms with Gasteiger partial charge in [-0.15, -0.1) is 0 Å². The van der Waals surface area contributed by atoms with Gasteiger partial charge in [0.15, 0.2) is 17.5 Å². The molecule has 3 aliphatic carbocycles. The minimum atomic E-state index is -2.38. The molecule has 6 N–H and O–H groups in total. The van der Waals surface area contributed by atoms with E-state index >= 15 is 0 Å². The van der Waals surface area contributed by atoms with Crippen LogP contribution in [0.5, 0.6) is 0 Å². The van der Waals surface area contributed by atoms with Gasteiger partial charge in [-0.2, -0.15) is 0 Å². The SMILES string of the molecule is CC(=O)O[C@@]12COC1C[C@H](O)C1C(=O)[C@H](O)C3=C(C)[C@@H](OC(=O)[C@H](O)[C@@H](NC(=O)N[C@H](C(=O)OCc4ccccc4)C(C)C)c4ccccc4)C[C@@](O)([C@@H](OC(=O)c4ccccc4)C12)C3(C)C. The Balaban J connectivity index is 1.23. The molecule has 67 heavy (non-hydrogen) atoms. The van der Waals surface area contributed by atoms with E-state index in [0.717, 1.165) is 12.5 Å². The number of hydrogen-bond acceptors (Lipinski definition) is 15. The van der Waals surface area contributed by atoms with Gasteiger partial charge in [-0.3, -0.25) is 9.59 Å². The van der Waals surface area contributed by atoms with Gasteiger partial charge in [-0.25, -0.2) is 19.2 Å². The van der Waals surface area contributed by atoms with Crippen molar-refractivity contribution in [3.05, 3.63) is 119 Å². The molecule has 7 rings (SSSR count). The third-order valence-corrected chi connectivity index (χ3v) is 14.0. The van der Waals surface area contributed by atoms with E-state index in [2.05, 4.69) is 10.6 Å². The summed E-state index contributed by atoms with van der Waals surface area (Å²) in [6.07, 6.45) is -10.7. The van der Waals surface area contributed by atoms with Crippen molar-refractivity contribution >= 4 is 35.7 Å². The van der Waals surface area contributed by atoms with Crippen LogP contribution in [0.1, 0.15) is 81.9 Å². The van der Waals surface area contributed by atoms with Crippen molar-refractivity contribution in [2.75, 3.05) is 6.61 Å². The summed E-state index contributed by atoms with van der Waals surface area (Å²) in [4.78, 5) is 83.0. The smallest absolute Gasteiger partial charge is 0.338 e. The predicted molar refractivity (Wildman–Crippen MR) is 236 cm³/mol. The Hall–Kier alpha value is -5.98. The Morgan fingerprint density at radius 3 is 2.06 bits per heavy atom. The van der Waals surface area contributed by atoms with Crippen LogP contribution >= 0.6 is 0 Å². The van der Waals surface area contributed by atoms with E-state index in [9.17, 15) is 49.2 Å². The molecular formula is C50H58N2O15. The lowest BCUT2D eigenvalue weighted by atomic mass is 9.49. The van der Waals surface area contributed by atoms with Crippen LogP contribution in [0.15, 0.2) is 102 Å². The minimum Gasteiger partial charge on any atom is -0.459 e. The average Bonchev–Trinajstić information content (AvgIpc) is 3.29. The molecule has 3 aromatic carbocycles. The number of aliphatic hydroxyl groups is 4. The number of esters is 4. The molecule has 358 valence electrons. The van der Waals surface area contributed by atoms with Crippen molar-refractivity contribution in [3.8, 4) is 0 Å². The Kier molecular flexibility index (Phi) is 14.1. The number of nitrogens with one attached hydrogen (secondary N) is 2. The van der Waals surface area contributed by atoms with Crippen LogP contribution < -0.4 is 10.6 Å². The number of benzene rings is 3. The minimum absolute atomic E-state index is 0.0426. The number of hydrogen-bond donors (Lipinski definition) is 6. The molecule has 3 aromatic rings. The fourth-order valence-electron chi connectivity index (χ4n) is 10.4. The number of aliphatic hydroxyl groups excluding tert-OH is 3. The van der Waals surface area contributed by atoms with E-state index in [-0.39, 0.29) is 41.9 Å². The molecule has 17 nitrogen and oxygen atoms in total. The third-order valence-electron chi connectivity index (χ3n) is 14.0. The van der Waals surface area contributed by atoms with Crippen LogP contribution in [-0.4, -0.2) is 117 Å². The van der Waals surface area contributed by atoms with E-state index in [1.807, 2.05) is 6.07 Å². The number of Topliss-reactive ketones (excluding diaryl/α,β-unsaturated/α-hetero) is 1. The van der Waals surface area contributed by atoms with Gasteiger partial charge in [0.1, 0.15) is 42.7 Å². The third kappa shape index (κ3) is 9.22. The first-order chi connectivity index (χ1) is 31.7. The Morgan fingerprint density at radius 1 is 0.866 bits per heavy atom. The molecule has 3 fully saturated rings. The van der Waals surface area contributed by atoms with E-state index < -0.39 is 125 Å². The molecule has 3 unspecified atom stereocenters. The maximum atomic E-state index is 14.8. The second-order valence-electron chi connectivity index (χ2n) is 18.7. The number of urea groups is 1. The lowest BCUT2D eigenvalue weighted by Gasteiger charge is -2.64. The molecule has 0 radical (unpaired) electrons. The normalized spacial score (nSPS) is 29.8. The first kappa shape index (κ1) is 48.9. The Bertz CT molecular complexity index is 2380. The summed E-state index contributed by atoms with van der Waals surface area (Å²) in [6.45, 7) is 8.75. The molecule has 1 heterocycles. The molecule has 0 aromatic heterocycles. The standard InChI is InChI=1S/C50H58N2O15/c1-26(2)38(45(59)63-24-29-16-10-7-11-17-29)51-47(61)52-39(30-18-12-8-13-19-30)42(57)46(60)65-33-23-50(62)43(66-44(58)31-20-14-9-15-21-31)37-35(40(55)41(56)36(27(33)3)48(50,5)6)32(54)22-34-49(37,25-64-34)67-28(4)53/h7-21,26,32-35,37-39,41-43,54,56-57,62H,22-25H2,1-6H3,(H2,51,52,61)/t32-,33-,34?,35?,37?,38-,39-,41+,42+,43-,49-,50+/m0/s1. The largest absolute Gasteiger partial charge is 0.459 e. The zero-order valence-corrected chi connectivity index (χ0v) is 38.1. The number of rotatable bonds is 13. The molecule has 2 bridgehead atoms. The Labute approximate surface area is 387 Å². The van der Waals surface area contributed by atoms with Crippen LogP contribution in [0.25, 0.3) is 0 Å². The first-order valence-corrected chi connectivity index (χ1v) is 22.3. The van der Waals surface area contributed by atoms with E-state index in [1.54, 1.807) is 86.6 Å². The summed E-state index contributed by atoms with van der Waals surface area (Å²) in [5.41, 5.74) is -4.67. The monoisotopic (exact) mass is 926 g/mol. The number of amides is 2. The molecule has 4 aliphatic rings. The number of fused-ring (bicyclic) bond motifs is 5. The quantitative estimate of drug-likeness (QED) is 0.0816. The lowest BCUT2D eigenvalue weighted by molar-refractivity contribution is -0.332. The van der Waals surface area contributed by atoms with Crippen LogP contribution in [0.3, 0.4) is 0 Å². The number of ether oxygens (including phenoxy) is 5. The molecule has 0 spiro atoms. The summed E-state index contributed by atoms with van der Waals surface area (Å²) >= 11 is 0. The molecule has 2 saturated carbocycles. The van der Waals surface area contributed by atoms with Gasteiger partial charge in [0, 0.05) is 25.2 Å². The van der Waals surface area contributed by atoms with Gasteiger partial charge in [-0.05, 0) is 47.2 Å². The Morgan fingerprint density at radius 2 is 1.48 bits per heavy atom. The van der Waals surface area contributed by atoms with Gasteiger partial charge >= 0.3 is 29.9 Å². The van der Waals surface area contributed by atoms with Crippen LogP contribution in [0.4, 0.5) is 4.79 Å². The van der Waals surface area contributed by atoms with Gasteiger partial charge in [0.2, 0.25) is 0 Å². The van der Waals surface area contributed by atoms with Gasteiger partial charge < -0.3 is 54.7 Å². The van der Waals surface area contributed by atoms with Gasteiger partial charge in [-0.1, -0.05) is 107 Å². The summed E-state index contributed by atoms with van der Waals surface area (Å²) in [7, 11) is 0. The maximum absolute atomic E-state index is 14.8. The fraction of sp³-hybridized carbons (Fsp3) is 0.480. The summed E-state index contributed by atoms with van der Waals surface area (Å²) < 4.78 is 29.6. The van der Waals surface area contributed by atoms with Crippen LogP contribution in [-0.2, 0) is 49.5 Å². The molecule has 17 heteroatoms. The van der Waals surface area contributed by atoms with Crippen molar-refractivity contribution in [2.45, 2.75) is 121 Å². The summed E-state index contributed by atoms with van der Waals surface area (Å²) in [5, 5.41) is 54.3. The predicted octanol–water partition coefficient (Wildman–Crippen LogP) is 3.41. The topological polar surface area (TPSA) is 254 Å². The second kappa shape index (κ2) is 19.3.